The number of carboxylic acid groups (broad SMARTS) is 1. The van der Waals surface area contributed by atoms with Gasteiger partial charge in [0.2, 0.25) is 0 Å². The number of nitrogens with one attached hydrogen (secondary N) is 2. The SMILES string of the molecule is CC[NH+](CC)Cc1cc2cc(CCC(=O)[O-])ccc2[nH]c1=O. The molecule has 0 aliphatic heterocycles. The van der Waals surface area contributed by atoms with Crippen molar-refractivity contribution in [1.29, 1.82) is 0 Å². The Hall–Kier alpha value is -2.14. The fourth-order valence-corrected chi connectivity index (χ4v) is 2.60. The molecule has 1 heterocycles. The van der Waals surface area contributed by atoms with Gasteiger partial charge in [0.1, 0.15) is 6.54 Å². The number of carbonyl (C=O) groups is 1. The quantitative estimate of drug-likeness (QED) is 0.733. The zero-order valence-corrected chi connectivity index (χ0v) is 13.1. The van der Waals surface area contributed by atoms with Crippen LogP contribution in [0, 0.1) is 0 Å². The molecule has 22 heavy (non-hydrogen) atoms. The number of fused-ring (bicyclic) bond motifs is 1. The molecule has 1 aromatic heterocycles. The second kappa shape index (κ2) is 7.22. The van der Waals surface area contributed by atoms with E-state index in [1.165, 1.54) is 4.90 Å². The Labute approximate surface area is 129 Å². The molecular weight excluding hydrogens is 280 g/mol. The van der Waals surface area contributed by atoms with Crippen molar-refractivity contribution < 1.29 is 14.8 Å². The molecule has 0 aliphatic carbocycles. The summed E-state index contributed by atoms with van der Waals surface area (Å²) in [6, 6.07) is 7.53. The third-order valence-corrected chi connectivity index (χ3v) is 4.04. The molecule has 2 aromatic rings. The Bertz CT molecular complexity index is 717. The predicted octanol–water partition coefficient (Wildman–Crippen LogP) is -0.365. The summed E-state index contributed by atoms with van der Waals surface area (Å²) in [6.07, 6.45) is 0.444. The summed E-state index contributed by atoms with van der Waals surface area (Å²) in [5.41, 5.74) is 2.43. The van der Waals surface area contributed by atoms with E-state index >= 15 is 0 Å². The maximum Gasteiger partial charge on any atom is 0.257 e. The molecule has 5 nitrogen and oxygen atoms in total. The number of carbonyl (C=O) groups excluding carboxylic acids is 1. The Morgan fingerprint density at radius 3 is 2.59 bits per heavy atom. The molecule has 0 atom stereocenters. The minimum Gasteiger partial charge on any atom is -0.550 e. The monoisotopic (exact) mass is 302 g/mol. The number of carboxylic acids is 1. The van der Waals surface area contributed by atoms with Crippen molar-refractivity contribution in [3.63, 3.8) is 0 Å². The Balaban J connectivity index is 2.32. The van der Waals surface area contributed by atoms with E-state index in [9.17, 15) is 14.7 Å². The van der Waals surface area contributed by atoms with Crippen LogP contribution < -0.4 is 15.6 Å². The van der Waals surface area contributed by atoms with Crippen LogP contribution in [0.3, 0.4) is 0 Å². The van der Waals surface area contributed by atoms with Gasteiger partial charge in [-0.3, -0.25) is 4.79 Å². The van der Waals surface area contributed by atoms with Crippen molar-refractivity contribution >= 4 is 16.9 Å². The molecule has 0 unspecified atom stereocenters. The second-order valence-electron chi connectivity index (χ2n) is 5.55. The van der Waals surface area contributed by atoms with Gasteiger partial charge in [-0.1, -0.05) is 6.07 Å². The van der Waals surface area contributed by atoms with Crippen molar-refractivity contribution in [1.82, 2.24) is 4.98 Å². The number of aliphatic carboxylic acids is 1. The molecule has 0 amide bonds. The minimum atomic E-state index is -1.05. The molecule has 0 saturated carbocycles. The van der Waals surface area contributed by atoms with Crippen molar-refractivity contribution in [3.8, 4) is 0 Å². The fraction of sp³-hybridized carbons (Fsp3) is 0.412. The second-order valence-corrected chi connectivity index (χ2v) is 5.55. The van der Waals surface area contributed by atoms with E-state index in [-0.39, 0.29) is 12.0 Å². The van der Waals surface area contributed by atoms with Crippen LogP contribution in [0.15, 0.2) is 29.1 Å². The number of hydrogen-bond donors (Lipinski definition) is 2. The summed E-state index contributed by atoms with van der Waals surface area (Å²) < 4.78 is 0. The number of aromatic nitrogens is 1. The van der Waals surface area contributed by atoms with Crippen LogP contribution in [0.5, 0.6) is 0 Å². The van der Waals surface area contributed by atoms with Crippen LogP contribution in [-0.4, -0.2) is 24.0 Å². The highest BCUT2D eigenvalue weighted by molar-refractivity contribution is 5.79. The lowest BCUT2D eigenvalue weighted by molar-refractivity contribution is -0.910. The number of aryl methyl sites for hydroxylation is 1. The van der Waals surface area contributed by atoms with Gasteiger partial charge in [-0.15, -0.1) is 0 Å². The van der Waals surface area contributed by atoms with Gasteiger partial charge in [0, 0.05) is 11.5 Å². The molecule has 2 N–H and O–H groups in total. The van der Waals surface area contributed by atoms with Gasteiger partial charge >= 0.3 is 0 Å². The average Bonchev–Trinajstić information content (AvgIpc) is 2.50. The molecule has 118 valence electrons. The highest BCUT2D eigenvalue weighted by atomic mass is 16.4. The summed E-state index contributed by atoms with van der Waals surface area (Å²) in [6.45, 7) is 6.85. The van der Waals surface area contributed by atoms with E-state index in [0.29, 0.717) is 13.0 Å². The van der Waals surface area contributed by atoms with Crippen LogP contribution in [0.25, 0.3) is 10.9 Å². The lowest BCUT2D eigenvalue weighted by atomic mass is 10.1. The van der Waals surface area contributed by atoms with Gasteiger partial charge < -0.3 is 19.8 Å². The first kappa shape index (κ1) is 16.2. The molecule has 0 aliphatic rings. The van der Waals surface area contributed by atoms with Crippen LogP contribution in [0.1, 0.15) is 31.4 Å². The summed E-state index contributed by atoms with van der Waals surface area (Å²) in [7, 11) is 0. The molecule has 0 radical (unpaired) electrons. The third kappa shape index (κ3) is 3.95. The zero-order chi connectivity index (χ0) is 16.1. The largest absolute Gasteiger partial charge is 0.550 e. The van der Waals surface area contributed by atoms with Gasteiger partial charge in [-0.2, -0.15) is 0 Å². The summed E-state index contributed by atoms with van der Waals surface area (Å²) >= 11 is 0. The smallest absolute Gasteiger partial charge is 0.257 e. The fourth-order valence-electron chi connectivity index (χ4n) is 2.60. The van der Waals surface area contributed by atoms with Gasteiger partial charge in [0.05, 0.1) is 18.7 Å². The summed E-state index contributed by atoms with van der Waals surface area (Å²) in [5.74, 6) is -1.05. The third-order valence-electron chi connectivity index (χ3n) is 4.04. The Kier molecular flexibility index (Phi) is 5.33. The van der Waals surface area contributed by atoms with Crippen molar-refractivity contribution in [2.45, 2.75) is 33.2 Å². The van der Waals surface area contributed by atoms with Gasteiger partial charge in [-0.25, -0.2) is 0 Å². The Morgan fingerprint density at radius 2 is 1.95 bits per heavy atom. The number of aromatic amines is 1. The zero-order valence-electron chi connectivity index (χ0n) is 13.1. The molecule has 0 spiro atoms. The first-order chi connectivity index (χ1) is 10.5. The topological polar surface area (TPSA) is 77.4 Å². The average molecular weight is 302 g/mol. The molecule has 0 fully saturated rings. The lowest BCUT2D eigenvalue weighted by Crippen LogP contribution is -3.10. The molecular formula is C17H22N2O3. The van der Waals surface area contributed by atoms with Crippen LogP contribution in [0.4, 0.5) is 0 Å². The van der Waals surface area contributed by atoms with Gasteiger partial charge in [-0.05, 0) is 55.8 Å². The normalized spacial score (nSPS) is 11.2. The van der Waals surface area contributed by atoms with Gasteiger partial charge in [0.25, 0.3) is 5.56 Å². The van der Waals surface area contributed by atoms with E-state index in [0.717, 1.165) is 35.1 Å². The molecule has 5 heteroatoms. The molecule has 0 bridgehead atoms. The van der Waals surface area contributed by atoms with E-state index in [2.05, 4.69) is 18.8 Å². The number of quaternary nitrogens is 1. The van der Waals surface area contributed by atoms with Crippen LogP contribution >= 0.6 is 0 Å². The number of rotatable bonds is 7. The number of pyridine rings is 1. The molecule has 0 saturated heterocycles. The number of H-pyrrole nitrogens is 1. The molecule has 1 aromatic carbocycles. The number of hydrogen-bond acceptors (Lipinski definition) is 3. The van der Waals surface area contributed by atoms with Crippen molar-refractivity contribution in [2.75, 3.05) is 13.1 Å². The van der Waals surface area contributed by atoms with Crippen molar-refractivity contribution in [2.24, 2.45) is 0 Å². The summed E-state index contributed by atoms with van der Waals surface area (Å²) in [5, 5.41) is 11.5. The van der Waals surface area contributed by atoms with Crippen molar-refractivity contribution in [3.05, 3.63) is 45.7 Å². The maximum atomic E-state index is 12.1. The summed E-state index contributed by atoms with van der Waals surface area (Å²) in [4.78, 5) is 27.0. The van der Waals surface area contributed by atoms with E-state index in [1.807, 2.05) is 24.3 Å². The number of benzene rings is 1. The highest BCUT2D eigenvalue weighted by Gasteiger charge is 2.10. The standard InChI is InChI=1S/C17H22N2O3/c1-3-19(4-2)11-14-10-13-9-12(6-8-16(20)21)5-7-15(13)18-17(14)22/h5,7,9-10H,3-4,6,8,11H2,1-2H3,(H,18,22)(H,20,21). The predicted molar refractivity (Wildman–Crippen MR) is 83.6 cm³/mol. The highest BCUT2D eigenvalue weighted by Crippen LogP contribution is 2.14. The van der Waals surface area contributed by atoms with Crippen LogP contribution in [0.2, 0.25) is 0 Å². The van der Waals surface area contributed by atoms with Crippen LogP contribution in [-0.2, 0) is 17.8 Å². The van der Waals surface area contributed by atoms with Gasteiger partial charge in [0.15, 0.2) is 0 Å². The Morgan fingerprint density at radius 1 is 1.23 bits per heavy atom. The first-order valence-electron chi connectivity index (χ1n) is 7.71. The lowest BCUT2D eigenvalue weighted by Gasteiger charge is -2.15. The minimum absolute atomic E-state index is 0.00527. The maximum absolute atomic E-state index is 12.1. The molecule has 2 rings (SSSR count). The van der Waals surface area contributed by atoms with E-state index in [1.54, 1.807) is 0 Å². The first-order valence-corrected chi connectivity index (χ1v) is 7.71. The van der Waals surface area contributed by atoms with E-state index < -0.39 is 5.97 Å². The van der Waals surface area contributed by atoms with E-state index in [4.69, 9.17) is 0 Å².